The van der Waals surface area contributed by atoms with E-state index in [0.29, 0.717) is 19.3 Å². The molecule has 2 aliphatic carbocycles. The minimum absolute atomic E-state index is 0.0654. The standard InChI is InChI=1S/C28H32N2O5/c1-3-17(2)25(26(31)29-19-10-8-9-18(15-19)27(32)33)30-28(34)35-16-24-22-13-6-4-11-20(22)21-12-5-7-14-23(21)24/h4-8,10-14,17-19,24-25H,3,9,15-16H2,1-2H3,(H,29,31)(H,30,34)(H,32,33)/t17?,18-,19-,25+/m1/s1. The van der Waals surface area contributed by atoms with Gasteiger partial charge in [0.25, 0.3) is 0 Å². The van der Waals surface area contributed by atoms with Gasteiger partial charge in [-0.05, 0) is 41.0 Å². The summed E-state index contributed by atoms with van der Waals surface area (Å²) < 4.78 is 5.63. The van der Waals surface area contributed by atoms with Crippen molar-refractivity contribution in [1.82, 2.24) is 10.6 Å². The van der Waals surface area contributed by atoms with Gasteiger partial charge in [-0.25, -0.2) is 4.79 Å². The van der Waals surface area contributed by atoms with Crippen LogP contribution in [0.25, 0.3) is 11.1 Å². The van der Waals surface area contributed by atoms with Gasteiger partial charge in [-0.3, -0.25) is 9.59 Å². The highest BCUT2D eigenvalue weighted by Gasteiger charge is 2.32. The van der Waals surface area contributed by atoms with Crippen molar-refractivity contribution in [3.05, 3.63) is 71.8 Å². The van der Waals surface area contributed by atoms with Gasteiger partial charge in [-0.1, -0.05) is 81.0 Å². The number of allylic oxidation sites excluding steroid dienone is 1. The van der Waals surface area contributed by atoms with Gasteiger partial charge in [0, 0.05) is 12.0 Å². The molecular formula is C28H32N2O5. The third kappa shape index (κ3) is 5.39. The number of ether oxygens (including phenoxy) is 1. The minimum Gasteiger partial charge on any atom is -0.481 e. The summed E-state index contributed by atoms with van der Waals surface area (Å²) >= 11 is 0. The minimum atomic E-state index is -0.871. The number of carbonyl (C=O) groups is 3. The highest BCUT2D eigenvalue weighted by molar-refractivity contribution is 5.86. The van der Waals surface area contributed by atoms with Gasteiger partial charge < -0.3 is 20.5 Å². The molecule has 0 spiro atoms. The molecule has 2 aromatic rings. The lowest BCUT2D eigenvalue weighted by Crippen LogP contribution is -2.53. The Morgan fingerprint density at radius 3 is 2.29 bits per heavy atom. The number of alkyl carbamates (subject to hydrolysis) is 1. The van der Waals surface area contributed by atoms with Crippen molar-refractivity contribution < 1.29 is 24.2 Å². The highest BCUT2D eigenvalue weighted by atomic mass is 16.5. The van der Waals surface area contributed by atoms with Crippen LogP contribution < -0.4 is 10.6 Å². The van der Waals surface area contributed by atoms with Crippen LogP contribution in [0.15, 0.2) is 60.7 Å². The summed E-state index contributed by atoms with van der Waals surface area (Å²) in [4.78, 5) is 37.2. The van der Waals surface area contributed by atoms with Crippen LogP contribution in [-0.4, -0.2) is 41.8 Å². The number of nitrogens with one attached hydrogen (secondary N) is 2. The number of aliphatic carboxylic acids is 1. The second kappa shape index (κ2) is 10.8. The molecule has 2 amide bonds. The van der Waals surface area contributed by atoms with Crippen molar-refractivity contribution in [2.75, 3.05) is 6.61 Å². The molecule has 184 valence electrons. The van der Waals surface area contributed by atoms with E-state index in [1.807, 2.05) is 44.2 Å². The van der Waals surface area contributed by atoms with Crippen molar-refractivity contribution >= 4 is 18.0 Å². The molecule has 2 aromatic carbocycles. The normalized spacial score (nSPS) is 20.3. The van der Waals surface area contributed by atoms with Crippen molar-refractivity contribution in [2.24, 2.45) is 11.8 Å². The molecule has 4 atom stereocenters. The van der Waals surface area contributed by atoms with Gasteiger partial charge in [-0.2, -0.15) is 0 Å². The SMILES string of the molecule is CCC(C)[C@H](NC(=O)OCC1c2ccccc2-c2ccccc21)C(=O)N[C@@H]1C=CC[C@@H](C(=O)O)C1. The predicted molar refractivity (Wildman–Crippen MR) is 133 cm³/mol. The predicted octanol–water partition coefficient (Wildman–Crippen LogP) is 4.48. The number of hydrogen-bond acceptors (Lipinski definition) is 4. The summed E-state index contributed by atoms with van der Waals surface area (Å²) in [5.41, 5.74) is 4.54. The molecule has 7 nitrogen and oxygen atoms in total. The third-order valence-electron chi connectivity index (χ3n) is 7.12. The number of amides is 2. The van der Waals surface area contributed by atoms with Gasteiger partial charge in [0.2, 0.25) is 5.91 Å². The fraction of sp³-hybridized carbons (Fsp3) is 0.393. The lowest BCUT2D eigenvalue weighted by Gasteiger charge is -2.28. The summed E-state index contributed by atoms with van der Waals surface area (Å²) in [5, 5.41) is 14.9. The van der Waals surface area contributed by atoms with E-state index in [2.05, 4.69) is 34.9 Å². The average Bonchev–Trinajstić information content (AvgIpc) is 3.19. The van der Waals surface area contributed by atoms with Crippen LogP contribution in [0.1, 0.15) is 50.2 Å². The fourth-order valence-electron chi connectivity index (χ4n) is 4.94. The van der Waals surface area contributed by atoms with Crippen LogP contribution in [0.5, 0.6) is 0 Å². The monoisotopic (exact) mass is 476 g/mol. The Bertz CT molecular complexity index is 1080. The first-order valence-corrected chi connectivity index (χ1v) is 12.2. The number of hydrogen-bond donors (Lipinski definition) is 3. The first-order chi connectivity index (χ1) is 16.9. The summed E-state index contributed by atoms with van der Waals surface area (Å²) in [6.07, 6.45) is 4.42. The Hall–Kier alpha value is -3.61. The first kappa shape index (κ1) is 24.5. The second-order valence-corrected chi connectivity index (χ2v) is 9.38. The van der Waals surface area contributed by atoms with Gasteiger partial charge in [0.1, 0.15) is 12.6 Å². The Morgan fingerprint density at radius 1 is 1.06 bits per heavy atom. The maximum atomic E-state index is 13.0. The van der Waals surface area contributed by atoms with E-state index in [0.717, 1.165) is 22.3 Å². The average molecular weight is 477 g/mol. The zero-order valence-electron chi connectivity index (χ0n) is 20.1. The molecule has 0 saturated heterocycles. The van der Waals surface area contributed by atoms with Gasteiger partial charge in [0.15, 0.2) is 0 Å². The number of carboxylic acid groups (broad SMARTS) is 1. The van der Waals surface area contributed by atoms with Crippen LogP contribution in [0.3, 0.4) is 0 Å². The van der Waals surface area contributed by atoms with Crippen molar-refractivity contribution in [3.8, 4) is 11.1 Å². The number of rotatable bonds is 8. The summed E-state index contributed by atoms with van der Waals surface area (Å²) in [7, 11) is 0. The molecule has 35 heavy (non-hydrogen) atoms. The molecule has 7 heteroatoms. The first-order valence-electron chi connectivity index (χ1n) is 12.2. The van der Waals surface area contributed by atoms with E-state index in [1.54, 1.807) is 6.08 Å². The van der Waals surface area contributed by atoms with Crippen LogP contribution >= 0.6 is 0 Å². The van der Waals surface area contributed by atoms with Gasteiger partial charge >= 0.3 is 12.1 Å². The Morgan fingerprint density at radius 2 is 1.69 bits per heavy atom. The summed E-state index contributed by atoms with van der Waals surface area (Å²) in [6.45, 7) is 4.01. The van der Waals surface area contributed by atoms with Crippen LogP contribution in [0, 0.1) is 11.8 Å². The highest BCUT2D eigenvalue weighted by Crippen LogP contribution is 2.44. The molecule has 0 fully saturated rings. The molecule has 0 saturated carbocycles. The second-order valence-electron chi connectivity index (χ2n) is 9.38. The summed E-state index contributed by atoms with van der Waals surface area (Å²) in [6, 6.07) is 15.1. The maximum absolute atomic E-state index is 13.0. The number of benzene rings is 2. The number of carbonyl (C=O) groups excluding carboxylic acids is 2. The molecule has 3 N–H and O–H groups in total. The number of carboxylic acids is 1. The molecule has 0 radical (unpaired) electrons. The Kier molecular flexibility index (Phi) is 7.54. The van der Waals surface area contributed by atoms with Gasteiger partial charge in [-0.15, -0.1) is 0 Å². The van der Waals surface area contributed by atoms with E-state index in [-0.39, 0.29) is 30.4 Å². The van der Waals surface area contributed by atoms with Crippen molar-refractivity contribution in [2.45, 2.75) is 51.1 Å². The van der Waals surface area contributed by atoms with Crippen molar-refractivity contribution in [1.29, 1.82) is 0 Å². The Balaban J connectivity index is 1.40. The molecule has 2 aliphatic rings. The maximum Gasteiger partial charge on any atom is 0.407 e. The smallest absolute Gasteiger partial charge is 0.407 e. The largest absolute Gasteiger partial charge is 0.481 e. The molecule has 4 rings (SSSR count). The number of fused-ring (bicyclic) bond motifs is 3. The molecule has 0 heterocycles. The fourth-order valence-corrected chi connectivity index (χ4v) is 4.94. The zero-order chi connectivity index (χ0) is 24.9. The van der Waals surface area contributed by atoms with E-state index < -0.39 is 24.0 Å². The topological polar surface area (TPSA) is 105 Å². The van der Waals surface area contributed by atoms with E-state index >= 15 is 0 Å². The lowest BCUT2D eigenvalue weighted by molar-refractivity contribution is -0.142. The lowest BCUT2D eigenvalue weighted by atomic mass is 9.90. The summed E-state index contributed by atoms with van der Waals surface area (Å²) in [5.74, 6) is -1.93. The van der Waals surface area contributed by atoms with Crippen molar-refractivity contribution in [3.63, 3.8) is 0 Å². The third-order valence-corrected chi connectivity index (χ3v) is 7.12. The van der Waals surface area contributed by atoms with Crippen LogP contribution in [-0.2, 0) is 14.3 Å². The van der Waals surface area contributed by atoms with E-state index in [9.17, 15) is 19.5 Å². The van der Waals surface area contributed by atoms with Gasteiger partial charge in [0.05, 0.1) is 5.92 Å². The quantitative estimate of drug-likeness (QED) is 0.488. The molecule has 0 bridgehead atoms. The molecule has 1 unspecified atom stereocenters. The molecule has 0 aliphatic heterocycles. The van der Waals surface area contributed by atoms with Crippen LogP contribution in [0.4, 0.5) is 4.79 Å². The Labute approximate surface area is 205 Å². The molecular weight excluding hydrogens is 444 g/mol. The zero-order valence-corrected chi connectivity index (χ0v) is 20.1. The van der Waals surface area contributed by atoms with E-state index in [4.69, 9.17) is 4.74 Å². The van der Waals surface area contributed by atoms with E-state index in [1.165, 1.54) is 0 Å². The molecule has 0 aromatic heterocycles. The van der Waals surface area contributed by atoms with Crippen LogP contribution in [0.2, 0.25) is 0 Å².